The van der Waals surface area contributed by atoms with Crippen LogP contribution < -0.4 is 0 Å². The van der Waals surface area contributed by atoms with Crippen molar-refractivity contribution in [1.82, 2.24) is 0 Å². The fourth-order valence-corrected chi connectivity index (χ4v) is 0.960. The van der Waals surface area contributed by atoms with Gasteiger partial charge in [0.1, 0.15) is 0 Å². The van der Waals surface area contributed by atoms with Gasteiger partial charge < -0.3 is 15.3 Å². The van der Waals surface area contributed by atoms with Crippen LogP contribution in [0, 0.1) is 5.92 Å². The van der Waals surface area contributed by atoms with Gasteiger partial charge >= 0.3 is 11.9 Å². The lowest BCUT2D eigenvalue weighted by Gasteiger charge is -2.07. The molecule has 0 fully saturated rings. The third-order valence-corrected chi connectivity index (χ3v) is 1.76. The van der Waals surface area contributed by atoms with Gasteiger partial charge in [0.15, 0.2) is 0 Å². The summed E-state index contributed by atoms with van der Waals surface area (Å²) in [6.45, 7) is -0.387. The van der Waals surface area contributed by atoms with Gasteiger partial charge in [-0.15, -0.1) is 0 Å². The van der Waals surface area contributed by atoms with E-state index in [0.29, 0.717) is 19.3 Å². The number of hydrogen-bond donors (Lipinski definition) is 3. The summed E-state index contributed by atoms with van der Waals surface area (Å²) >= 11 is 0. The van der Waals surface area contributed by atoms with Gasteiger partial charge in [-0.25, -0.2) is 0 Å². The highest BCUT2D eigenvalue weighted by molar-refractivity contribution is 5.70. The average Bonchev–Trinajstić information content (AvgIpc) is 2.03. The van der Waals surface area contributed by atoms with Crippen LogP contribution in [0.15, 0.2) is 0 Å². The topological polar surface area (TPSA) is 94.8 Å². The molecule has 1 unspecified atom stereocenters. The SMILES string of the molecule is O=C(O)CCCCC(CO)C(=O)O. The van der Waals surface area contributed by atoms with Crippen molar-refractivity contribution >= 4 is 11.9 Å². The maximum Gasteiger partial charge on any atom is 0.308 e. The molecule has 0 aromatic heterocycles. The van der Waals surface area contributed by atoms with E-state index in [1.165, 1.54) is 0 Å². The Morgan fingerprint density at radius 1 is 1.15 bits per heavy atom. The summed E-state index contributed by atoms with van der Waals surface area (Å²) in [5.41, 5.74) is 0. The van der Waals surface area contributed by atoms with Crippen LogP contribution in [0.2, 0.25) is 0 Å². The third-order valence-electron chi connectivity index (χ3n) is 1.76. The lowest BCUT2D eigenvalue weighted by molar-refractivity contribution is -0.143. The summed E-state index contributed by atoms with van der Waals surface area (Å²) in [4.78, 5) is 20.5. The zero-order valence-corrected chi connectivity index (χ0v) is 7.27. The summed E-state index contributed by atoms with van der Waals surface area (Å²) < 4.78 is 0. The molecule has 0 saturated carbocycles. The van der Waals surface area contributed by atoms with Gasteiger partial charge in [0, 0.05) is 6.42 Å². The molecule has 0 aromatic rings. The van der Waals surface area contributed by atoms with Crippen molar-refractivity contribution in [3.63, 3.8) is 0 Å². The lowest BCUT2D eigenvalue weighted by Crippen LogP contribution is -2.17. The van der Waals surface area contributed by atoms with E-state index in [1.807, 2.05) is 0 Å². The molecule has 0 radical (unpaired) electrons. The Bertz CT molecular complexity index is 177. The number of carboxylic acid groups (broad SMARTS) is 2. The first-order valence-electron chi connectivity index (χ1n) is 4.13. The molecular weight excluding hydrogens is 176 g/mol. The molecule has 5 heteroatoms. The third kappa shape index (κ3) is 6.10. The quantitative estimate of drug-likeness (QED) is 0.503. The highest BCUT2D eigenvalue weighted by Gasteiger charge is 2.15. The zero-order chi connectivity index (χ0) is 10.3. The van der Waals surface area contributed by atoms with Gasteiger partial charge in [-0.05, 0) is 12.8 Å². The van der Waals surface area contributed by atoms with E-state index >= 15 is 0 Å². The number of hydrogen-bond acceptors (Lipinski definition) is 3. The molecule has 0 aliphatic carbocycles. The Morgan fingerprint density at radius 3 is 2.15 bits per heavy atom. The molecular formula is C8H14O5. The van der Waals surface area contributed by atoms with E-state index in [2.05, 4.69) is 0 Å². The minimum atomic E-state index is -1.03. The van der Waals surface area contributed by atoms with Gasteiger partial charge in [-0.1, -0.05) is 6.42 Å². The van der Waals surface area contributed by atoms with Gasteiger partial charge in [0.2, 0.25) is 0 Å². The number of aliphatic carboxylic acids is 2. The van der Waals surface area contributed by atoms with E-state index in [9.17, 15) is 9.59 Å². The number of aliphatic hydroxyl groups excluding tert-OH is 1. The lowest BCUT2D eigenvalue weighted by atomic mass is 10.0. The van der Waals surface area contributed by atoms with Gasteiger partial charge in [-0.3, -0.25) is 9.59 Å². The van der Waals surface area contributed by atoms with E-state index in [4.69, 9.17) is 15.3 Å². The average molecular weight is 190 g/mol. The van der Waals surface area contributed by atoms with Crippen molar-refractivity contribution < 1.29 is 24.9 Å². The Hall–Kier alpha value is -1.10. The largest absolute Gasteiger partial charge is 0.481 e. The molecule has 0 bridgehead atoms. The van der Waals surface area contributed by atoms with Crippen molar-refractivity contribution in [3.8, 4) is 0 Å². The second-order valence-electron chi connectivity index (χ2n) is 2.86. The van der Waals surface area contributed by atoms with Crippen molar-refractivity contribution in [2.24, 2.45) is 5.92 Å². The number of aliphatic hydroxyl groups is 1. The molecule has 0 rings (SSSR count). The first-order chi connectivity index (χ1) is 6.07. The Morgan fingerprint density at radius 2 is 1.77 bits per heavy atom. The van der Waals surface area contributed by atoms with Crippen molar-refractivity contribution in [2.75, 3.05) is 6.61 Å². The number of rotatable bonds is 7. The van der Waals surface area contributed by atoms with Crippen LogP contribution in [0.25, 0.3) is 0 Å². The standard InChI is InChI=1S/C8H14O5/c9-5-6(8(12)13)3-1-2-4-7(10)11/h6,9H,1-5H2,(H,10,11)(H,12,13). The van der Waals surface area contributed by atoms with Crippen molar-refractivity contribution in [2.45, 2.75) is 25.7 Å². The van der Waals surface area contributed by atoms with Crippen LogP contribution >= 0.6 is 0 Å². The van der Waals surface area contributed by atoms with Crippen LogP contribution in [-0.4, -0.2) is 33.9 Å². The minimum Gasteiger partial charge on any atom is -0.481 e. The maximum atomic E-state index is 10.4. The molecule has 3 N–H and O–H groups in total. The van der Waals surface area contributed by atoms with E-state index in [-0.39, 0.29) is 13.0 Å². The molecule has 0 amide bonds. The minimum absolute atomic E-state index is 0.0533. The van der Waals surface area contributed by atoms with Crippen LogP contribution in [0.4, 0.5) is 0 Å². The highest BCUT2D eigenvalue weighted by atomic mass is 16.4. The van der Waals surface area contributed by atoms with Crippen LogP contribution in [0.5, 0.6) is 0 Å². The second-order valence-corrected chi connectivity index (χ2v) is 2.86. The molecule has 5 nitrogen and oxygen atoms in total. The summed E-state index contributed by atoms with van der Waals surface area (Å²) in [5, 5.41) is 25.4. The van der Waals surface area contributed by atoms with Gasteiger partial charge in [0.05, 0.1) is 12.5 Å². The molecule has 0 heterocycles. The van der Waals surface area contributed by atoms with E-state index in [1.54, 1.807) is 0 Å². The summed E-state index contributed by atoms with van der Waals surface area (Å²) in [6.07, 6.45) is 1.36. The maximum absolute atomic E-state index is 10.4. The number of unbranched alkanes of at least 4 members (excludes halogenated alkanes) is 1. The molecule has 0 aromatic carbocycles. The van der Waals surface area contributed by atoms with Crippen LogP contribution in [0.3, 0.4) is 0 Å². The van der Waals surface area contributed by atoms with E-state index in [0.717, 1.165) is 0 Å². The smallest absolute Gasteiger partial charge is 0.308 e. The van der Waals surface area contributed by atoms with Crippen LogP contribution in [0.1, 0.15) is 25.7 Å². The summed E-state index contributed by atoms with van der Waals surface area (Å²) in [6, 6.07) is 0. The molecule has 1 atom stereocenters. The summed E-state index contributed by atoms with van der Waals surface area (Å²) in [5.74, 6) is -2.66. The fraction of sp³-hybridized carbons (Fsp3) is 0.750. The molecule has 0 saturated heterocycles. The molecule has 0 aliphatic heterocycles. The highest BCUT2D eigenvalue weighted by Crippen LogP contribution is 2.09. The predicted molar refractivity (Wildman–Crippen MR) is 44.3 cm³/mol. The Kier molecular flexibility index (Phi) is 5.88. The van der Waals surface area contributed by atoms with Gasteiger partial charge in [0.25, 0.3) is 0 Å². The molecule has 76 valence electrons. The molecule has 0 aliphatic rings. The molecule has 13 heavy (non-hydrogen) atoms. The first kappa shape index (κ1) is 11.9. The Balaban J connectivity index is 3.50. The zero-order valence-electron chi connectivity index (χ0n) is 7.27. The fourth-order valence-electron chi connectivity index (χ4n) is 0.960. The number of carboxylic acids is 2. The van der Waals surface area contributed by atoms with Crippen molar-refractivity contribution in [3.05, 3.63) is 0 Å². The van der Waals surface area contributed by atoms with E-state index < -0.39 is 17.9 Å². The molecule has 0 spiro atoms. The Labute approximate surface area is 76.0 Å². The normalized spacial score (nSPS) is 12.4. The summed E-state index contributed by atoms with van der Waals surface area (Å²) in [7, 11) is 0. The van der Waals surface area contributed by atoms with Crippen LogP contribution in [-0.2, 0) is 9.59 Å². The predicted octanol–water partition coefficient (Wildman–Crippen LogP) is 0.325. The van der Waals surface area contributed by atoms with Gasteiger partial charge in [-0.2, -0.15) is 0 Å². The first-order valence-corrected chi connectivity index (χ1v) is 4.13. The number of carbonyl (C=O) groups is 2. The second kappa shape index (κ2) is 6.42. The van der Waals surface area contributed by atoms with Crippen molar-refractivity contribution in [1.29, 1.82) is 0 Å². The monoisotopic (exact) mass is 190 g/mol.